The summed E-state index contributed by atoms with van der Waals surface area (Å²) in [4.78, 5) is 1.89. The molecule has 0 amide bonds. The molecule has 15 heavy (non-hydrogen) atoms. The first kappa shape index (κ1) is 12.0. The molecule has 0 spiro atoms. The van der Waals surface area contributed by atoms with E-state index in [2.05, 4.69) is 0 Å². The van der Waals surface area contributed by atoms with E-state index in [1.54, 1.807) is 6.07 Å². The van der Waals surface area contributed by atoms with E-state index in [9.17, 15) is 10.2 Å². The van der Waals surface area contributed by atoms with Crippen molar-refractivity contribution >= 4 is 5.69 Å². The lowest BCUT2D eigenvalue weighted by Gasteiger charge is -2.23. The van der Waals surface area contributed by atoms with Crippen LogP contribution in [0.3, 0.4) is 0 Å². The molecule has 84 valence electrons. The summed E-state index contributed by atoms with van der Waals surface area (Å²) >= 11 is 0. The highest BCUT2D eigenvalue weighted by Gasteiger charge is 2.19. The summed E-state index contributed by atoms with van der Waals surface area (Å²) in [5.74, 6) is 0. The maximum Gasteiger partial charge on any atom is 0.108 e. The third kappa shape index (κ3) is 2.68. The molecule has 0 saturated heterocycles. The number of aliphatic hydroxyl groups excluding tert-OH is 2. The summed E-state index contributed by atoms with van der Waals surface area (Å²) < 4.78 is 0. The smallest absolute Gasteiger partial charge is 0.108 e. The lowest BCUT2D eigenvalue weighted by molar-refractivity contribution is 0.0246. The minimum Gasteiger partial charge on any atom is -0.389 e. The molecule has 0 bridgehead atoms. The highest BCUT2D eigenvalue weighted by molar-refractivity contribution is 5.53. The Kier molecular flexibility index (Phi) is 4.08. The van der Waals surface area contributed by atoms with Gasteiger partial charge in [0, 0.05) is 31.9 Å². The van der Waals surface area contributed by atoms with Crippen LogP contribution in [0.25, 0.3) is 0 Å². The normalized spacial score (nSPS) is 14.7. The number of nitrogens with zero attached hydrogens (tertiary/aromatic N) is 1. The largest absolute Gasteiger partial charge is 0.389 e. The number of aliphatic hydroxyl groups is 2. The molecule has 0 aromatic heterocycles. The van der Waals surface area contributed by atoms with Crippen molar-refractivity contribution < 1.29 is 10.2 Å². The predicted octanol–water partition coefficient (Wildman–Crippen LogP) is 0.106. The van der Waals surface area contributed by atoms with Gasteiger partial charge in [0.2, 0.25) is 0 Å². The molecule has 1 aromatic rings. The van der Waals surface area contributed by atoms with Crippen molar-refractivity contribution in [1.29, 1.82) is 0 Å². The number of anilines is 1. The van der Waals surface area contributed by atoms with Gasteiger partial charge in [0.15, 0.2) is 0 Å². The van der Waals surface area contributed by atoms with Crippen LogP contribution >= 0.6 is 0 Å². The van der Waals surface area contributed by atoms with Gasteiger partial charge in [0.25, 0.3) is 0 Å². The van der Waals surface area contributed by atoms with Gasteiger partial charge in [-0.3, -0.25) is 0 Å². The van der Waals surface area contributed by atoms with Crippen molar-refractivity contribution in [2.24, 2.45) is 5.73 Å². The predicted molar refractivity (Wildman–Crippen MR) is 60.8 cm³/mol. The van der Waals surface area contributed by atoms with Gasteiger partial charge in [0.1, 0.15) is 6.10 Å². The van der Waals surface area contributed by atoms with Gasteiger partial charge in [-0.25, -0.2) is 0 Å². The molecule has 0 heterocycles. The van der Waals surface area contributed by atoms with Crippen LogP contribution < -0.4 is 10.6 Å². The number of nitrogens with two attached hydrogens (primary N) is 1. The first-order valence-electron chi connectivity index (χ1n) is 4.90. The second-order valence-corrected chi connectivity index (χ2v) is 3.70. The summed E-state index contributed by atoms with van der Waals surface area (Å²) in [5.41, 5.74) is 6.89. The van der Waals surface area contributed by atoms with Crippen LogP contribution in [0.15, 0.2) is 24.3 Å². The third-order valence-electron chi connectivity index (χ3n) is 2.34. The molecular formula is C11H18N2O2. The minimum absolute atomic E-state index is 0.0446. The average molecular weight is 210 g/mol. The van der Waals surface area contributed by atoms with Crippen LogP contribution in [0.1, 0.15) is 11.7 Å². The van der Waals surface area contributed by atoms with E-state index < -0.39 is 12.2 Å². The first-order valence-corrected chi connectivity index (χ1v) is 4.90. The highest BCUT2D eigenvalue weighted by Crippen LogP contribution is 2.26. The van der Waals surface area contributed by atoms with Gasteiger partial charge in [-0.1, -0.05) is 18.2 Å². The van der Waals surface area contributed by atoms with Crippen LogP contribution in [0.4, 0.5) is 5.69 Å². The van der Waals surface area contributed by atoms with Gasteiger partial charge < -0.3 is 20.8 Å². The highest BCUT2D eigenvalue weighted by atomic mass is 16.3. The molecule has 1 aromatic carbocycles. The van der Waals surface area contributed by atoms with E-state index in [4.69, 9.17) is 5.73 Å². The maximum atomic E-state index is 9.86. The fourth-order valence-electron chi connectivity index (χ4n) is 1.48. The van der Waals surface area contributed by atoms with Crippen molar-refractivity contribution in [3.8, 4) is 0 Å². The fraction of sp³-hybridized carbons (Fsp3) is 0.455. The Morgan fingerprint density at radius 3 is 2.40 bits per heavy atom. The second kappa shape index (κ2) is 5.11. The summed E-state index contributed by atoms with van der Waals surface area (Å²) in [5, 5.41) is 19.4. The summed E-state index contributed by atoms with van der Waals surface area (Å²) in [6.45, 7) is 0.0446. The van der Waals surface area contributed by atoms with Crippen molar-refractivity contribution in [1.82, 2.24) is 0 Å². The lowest BCUT2D eigenvalue weighted by atomic mass is 10.0. The first-order chi connectivity index (χ1) is 7.07. The van der Waals surface area contributed by atoms with Gasteiger partial charge in [-0.05, 0) is 6.07 Å². The lowest BCUT2D eigenvalue weighted by Crippen LogP contribution is -2.28. The molecule has 2 atom stereocenters. The van der Waals surface area contributed by atoms with E-state index in [1.165, 1.54) is 0 Å². The molecule has 0 aliphatic carbocycles. The zero-order valence-corrected chi connectivity index (χ0v) is 9.09. The Morgan fingerprint density at radius 2 is 1.87 bits per heavy atom. The zero-order chi connectivity index (χ0) is 11.4. The summed E-state index contributed by atoms with van der Waals surface area (Å²) in [7, 11) is 3.78. The van der Waals surface area contributed by atoms with Gasteiger partial charge in [0.05, 0.1) is 6.10 Å². The number of hydrogen-bond donors (Lipinski definition) is 3. The molecule has 0 aliphatic rings. The minimum atomic E-state index is -0.936. The van der Waals surface area contributed by atoms with Crippen LogP contribution in [-0.2, 0) is 0 Å². The monoisotopic (exact) mass is 210 g/mol. The number of hydrogen-bond acceptors (Lipinski definition) is 4. The molecule has 0 saturated carbocycles. The van der Waals surface area contributed by atoms with E-state index in [-0.39, 0.29) is 6.54 Å². The molecule has 2 unspecified atom stereocenters. The van der Waals surface area contributed by atoms with E-state index >= 15 is 0 Å². The molecule has 4 heteroatoms. The molecule has 1 rings (SSSR count). The van der Waals surface area contributed by atoms with Gasteiger partial charge in [-0.2, -0.15) is 0 Å². The summed E-state index contributed by atoms with van der Waals surface area (Å²) in [6.07, 6.45) is -1.86. The third-order valence-corrected chi connectivity index (χ3v) is 2.34. The van der Waals surface area contributed by atoms with Crippen molar-refractivity contribution in [3.05, 3.63) is 29.8 Å². The molecule has 4 N–H and O–H groups in total. The van der Waals surface area contributed by atoms with Crippen LogP contribution in [0, 0.1) is 0 Å². The standard InChI is InChI=1S/C11H18N2O2/c1-13(2)9-6-4-3-5-8(9)11(15)10(14)7-12/h3-6,10-11,14-15H,7,12H2,1-2H3. The molecule has 0 radical (unpaired) electrons. The van der Waals surface area contributed by atoms with E-state index in [1.807, 2.05) is 37.2 Å². The SMILES string of the molecule is CN(C)c1ccccc1C(O)C(O)CN. The van der Waals surface area contributed by atoms with Crippen molar-refractivity contribution in [3.63, 3.8) is 0 Å². The van der Waals surface area contributed by atoms with Crippen molar-refractivity contribution in [2.45, 2.75) is 12.2 Å². The fourth-order valence-corrected chi connectivity index (χ4v) is 1.48. The van der Waals surface area contributed by atoms with E-state index in [0.717, 1.165) is 5.69 Å². The van der Waals surface area contributed by atoms with Crippen LogP contribution in [0.5, 0.6) is 0 Å². The van der Waals surface area contributed by atoms with Gasteiger partial charge in [-0.15, -0.1) is 0 Å². The van der Waals surface area contributed by atoms with Crippen LogP contribution in [0.2, 0.25) is 0 Å². The number of rotatable bonds is 4. The number of benzene rings is 1. The zero-order valence-electron chi connectivity index (χ0n) is 9.09. The van der Waals surface area contributed by atoms with E-state index in [0.29, 0.717) is 5.56 Å². The average Bonchev–Trinajstić information content (AvgIpc) is 2.27. The molecule has 4 nitrogen and oxygen atoms in total. The maximum absolute atomic E-state index is 9.86. The Labute approximate surface area is 89.9 Å². The Bertz CT molecular complexity index is 315. The summed E-state index contributed by atoms with van der Waals surface area (Å²) in [6, 6.07) is 7.40. The number of para-hydroxylation sites is 1. The Balaban J connectivity index is 3.02. The molecular weight excluding hydrogens is 192 g/mol. The second-order valence-electron chi connectivity index (χ2n) is 3.70. The van der Waals surface area contributed by atoms with Crippen LogP contribution in [-0.4, -0.2) is 37.0 Å². The van der Waals surface area contributed by atoms with Gasteiger partial charge >= 0.3 is 0 Å². The quantitative estimate of drug-likeness (QED) is 0.659. The molecule has 0 aliphatic heterocycles. The molecule has 0 fully saturated rings. The topological polar surface area (TPSA) is 69.7 Å². The Hall–Kier alpha value is -1.10. The van der Waals surface area contributed by atoms with Crippen molar-refractivity contribution in [2.75, 3.05) is 25.5 Å². The Morgan fingerprint density at radius 1 is 1.27 bits per heavy atom.